The van der Waals surface area contributed by atoms with Crippen LogP contribution in [0.5, 0.6) is 0 Å². The molecule has 2 aromatic rings. The van der Waals surface area contributed by atoms with E-state index in [1.807, 2.05) is 19.9 Å². The second-order valence-corrected chi connectivity index (χ2v) is 9.74. The Bertz CT molecular complexity index is 1020. The summed E-state index contributed by atoms with van der Waals surface area (Å²) in [6.07, 6.45) is 1.94. The van der Waals surface area contributed by atoms with Gasteiger partial charge in [0, 0.05) is 54.8 Å². The van der Waals surface area contributed by atoms with Crippen LogP contribution in [-0.4, -0.2) is 60.1 Å². The van der Waals surface area contributed by atoms with Gasteiger partial charge in [-0.05, 0) is 59.1 Å². The summed E-state index contributed by atoms with van der Waals surface area (Å²) in [6, 6.07) is 6.87. The van der Waals surface area contributed by atoms with Crippen LogP contribution in [0.2, 0.25) is 0 Å². The molecule has 10 heteroatoms. The second kappa shape index (κ2) is 8.68. The molecule has 0 aliphatic carbocycles. The second-order valence-electron chi connectivity index (χ2n) is 7.15. The van der Waals surface area contributed by atoms with Crippen LogP contribution in [0, 0.1) is 6.92 Å². The number of sulfonamides is 1. The van der Waals surface area contributed by atoms with Gasteiger partial charge >= 0.3 is 6.09 Å². The van der Waals surface area contributed by atoms with Crippen molar-refractivity contribution in [3.05, 3.63) is 52.3 Å². The molecule has 1 fully saturated rings. The molecule has 0 unspecified atom stereocenters. The lowest BCUT2D eigenvalue weighted by Gasteiger charge is -2.38. The fourth-order valence-electron chi connectivity index (χ4n) is 3.39. The number of hydrogen-bond acceptors (Lipinski definition) is 5. The number of piperazine rings is 1. The van der Waals surface area contributed by atoms with E-state index in [1.165, 1.54) is 23.4 Å². The average Bonchev–Trinajstić information content (AvgIpc) is 2.63. The third-order valence-electron chi connectivity index (χ3n) is 4.94. The van der Waals surface area contributed by atoms with Crippen molar-refractivity contribution in [1.82, 2.24) is 14.8 Å². The van der Waals surface area contributed by atoms with Gasteiger partial charge in [0.05, 0.1) is 0 Å². The summed E-state index contributed by atoms with van der Waals surface area (Å²) in [4.78, 5) is 18.9. The van der Waals surface area contributed by atoms with Gasteiger partial charge in [0.15, 0.2) is 0 Å². The Morgan fingerprint density at radius 3 is 2.69 bits per heavy atom. The van der Waals surface area contributed by atoms with Crippen molar-refractivity contribution in [2.45, 2.75) is 31.3 Å². The molecule has 0 saturated carbocycles. The molecule has 3 rings (SSSR count). The highest BCUT2D eigenvalue weighted by atomic mass is 79.9. The number of anilines is 1. The fourth-order valence-corrected chi connectivity index (χ4v) is 4.95. The number of pyridine rings is 1. The molecule has 29 heavy (non-hydrogen) atoms. The molecule has 0 bridgehead atoms. The SMILES string of the molecule is Cc1cc(NS(=O)(=O)c2cncc(Br)c2)ccc1CN1CCN(C(=O)O)[C@@H](C)C1. The van der Waals surface area contributed by atoms with E-state index in [0.717, 1.165) is 11.1 Å². The normalized spacial score (nSPS) is 17.9. The van der Waals surface area contributed by atoms with E-state index in [1.54, 1.807) is 12.1 Å². The molecular weight excluding hydrogens is 460 g/mol. The van der Waals surface area contributed by atoms with Gasteiger partial charge in [-0.3, -0.25) is 14.6 Å². The van der Waals surface area contributed by atoms with Crippen molar-refractivity contribution in [1.29, 1.82) is 0 Å². The Balaban J connectivity index is 1.68. The minimum absolute atomic E-state index is 0.0635. The maximum Gasteiger partial charge on any atom is 0.407 e. The van der Waals surface area contributed by atoms with Gasteiger partial charge in [0.1, 0.15) is 4.90 Å². The molecule has 2 N–H and O–H groups in total. The molecule has 1 amide bonds. The Labute approximate surface area is 178 Å². The van der Waals surface area contributed by atoms with Crippen LogP contribution in [0.1, 0.15) is 18.1 Å². The van der Waals surface area contributed by atoms with Gasteiger partial charge in [0.2, 0.25) is 0 Å². The molecule has 156 valence electrons. The first-order chi connectivity index (χ1) is 13.7. The van der Waals surface area contributed by atoms with Crippen molar-refractivity contribution in [3.63, 3.8) is 0 Å². The van der Waals surface area contributed by atoms with Crippen molar-refractivity contribution >= 4 is 37.7 Å². The zero-order valence-electron chi connectivity index (χ0n) is 16.2. The number of carboxylic acid groups (broad SMARTS) is 1. The van der Waals surface area contributed by atoms with Crippen LogP contribution in [0.15, 0.2) is 46.0 Å². The Morgan fingerprint density at radius 2 is 2.07 bits per heavy atom. The molecular formula is C19H23BrN4O4S. The summed E-state index contributed by atoms with van der Waals surface area (Å²) in [7, 11) is -3.73. The zero-order valence-corrected chi connectivity index (χ0v) is 18.6. The number of amides is 1. The van der Waals surface area contributed by atoms with E-state index >= 15 is 0 Å². The first kappa shape index (κ1) is 21.5. The molecule has 2 heterocycles. The van der Waals surface area contributed by atoms with E-state index < -0.39 is 16.1 Å². The number of rotatable bonds is 5. The third-order valence-corrected chi connectivity index (χ3v) is 6.72. The van der Waals surface area contributed by atoms with Gasteiger partial charge in [-0.15, -0.1) is 0 Å². The maximum atomic E-state index is 12.6. The lowest BCUT2D eigenvalue weighted by atomic mass is 10.1. The lowest BCUT2D eigenvalue weighted by molar-refractivity contribution is 0.0710. The minimum Gasteiger partial charge on any atom is -0.465 e. The van der Waals surface area contributed by atoms with Gasteiger partial charge in [-0.25, -0.2) is 13.2 Å². The molecule has 0 radical (unpaired) electrons. The zero-order chi connectivity index (χ0) is 21.2. The number of nitrogens with zero attached hydrogens (tertiary/aromatic N) is 3. The quantitative estimate of drug-likeness (QED) is 0.678. The fraction of sp³-hybridized carbons (Fsp3) is 0.368. The average molecular weight is 483 g/mol. The van der Waals surface area contributed by atoms with Gasteiger partial charge < -0.3 is 10.0 Å². The highest BCUT2D eigenvalue weighted by Crippen LogP contribution is 2.22. The molecule has 1 aliphatic rings. The largest absolute Gasteiger partial charge is 0.465 e. The monoisotopic (exact) mass is 482 g/mol. The number of carbonyl (C=O) groups is 1. The first-order valence-electron chi connectivity index (χ1n) is 9.10. The van der Waals surface area contributed by atoms with Crippen molar-refractivity contribution < 1.29 is 18.3 Å². The highest BCUT2D eigenvalue weighted by Gasteiger charge is 2.27. The van der Waals surface area contributed by atoms with E-state index in [0.29, 0.717) is 36.3 Å². The van der Waals surface area contributed by atoms with E-state index in [4.69, 9.17) is 0 Å². The van der Waals surface area contributed by atoms with E-state index in [2.05, 4.69) is 30.5 Å². The van der Waals surface area contributed by atoms with Crippen LogP contribution in [0.3, 0.4) is 0 Å². The van der Waals surface area contributed by atoms with Crippen molar-refractivity contribution in [3.8, 4) is 0 Å². The first-order valence-corrected chi connectivity index (χ1v) is 11.4. The lowest BCUT2D eigenvalue weighted by Crippen LogP contribution is -2.53. The summed E-state index contributed by atoms with van der Waals surface area (Å²) in [5.74, 6) is 0. The maximum absolute atomic E-state index is 12.6. The number of aromatic nitrogens is 1. The number of benzene rings is 1. The van der Waals surface area contributed by atoms with Crippen LogP contribution >= 0.6 is 15.9 Å². The molecule has 1 aliphatic heterocycles. The van der Waals surface area contributed by atoms with Crippen LogP contribution in [-0.2, 0) is 16.6 Å². The molecule has 1 saturated heterocycles. The van der Waals surface area contributed by atoms with Crippen molar-refractivity contribution in [2.75, 3.05) is 24.4 Å². The number of halogens is 1. The molecule has 1 atom stereocenters. The topological polar surface area (TPSA) is 103 Å². The Morgan fingerprint density at radius 1 is 1.31 bits per heavy atom. The van der Waals surface area contributed by atoms with Gasteiger partial charge in [-0.2, -0.15) is 0 Å². The molecule has 1 aromatic heterocycles. The minimum atomic E-state index is -3.73. The van der Waals surface area contributed by atoms with Crippen molar-refractivity contribution in [2.24, 2.45) is 0 Å². The predicted molar refractivity (Wildman–Crippen MR) is 113 cm³/mol. The summed E-state index contributed by atoms with van der Waals surface area (Å²) >= 11 is 3.23. The Kier molecular flexibility index (Phi) is 6.45. The summed E-state index contributed by atoms with van der Waals surface area (Å²) in [5.41, 5.74) is 2.52. The van der Waals surface area contributed by atoms with Crippen LogP contribution in [0.4, 0.5) is 10.5 Å². The summed E-state index contributed by atoms with van der Waals surface area (Å²) < 4.78 is 28.3. The van der Waals surface area contributed by atoms with Crippen LogP contribution in [0.25, 0.3) is 0 Å². The van der Waals surface area contributed by atoms with Gasteiger partial charge in [-0.1, -0.05) is 6.07 Å². The molecule has 8 nitrogen and oxygen atoms in total. The number of nitrogens with one attached hydrogen (secondary N) is 1. The number of aryl methyl sites for hydroxylation is 1. The van der Waals surface area contributed by atoms with Crippen LogP contribution < -0.4 is 4.72 Å². The molecule has 0 spiro atoms. The smallest absolute Gasteiger partial charge is 0.407 e. The Hall–Kier alpha value is -2.17. The van der Waals surface area contributed by atoms with E-state index in [-0.39, 0.29) is 10.9 Å². The van der Waals surface area contributed by atoms with E-state index in [9.17, 15) is 18.3 Å². The van der Waals surface area contributed by atoms with Gasteiger partial charge in [0.25, 0.3) is 10.0 Å². The molecule has 1 aromatic carbocycles. The predicted octanol–water partition coefficient (Wildman–Crippen LogP) is 3.14. The summed E-state index contributed by atoms with van der Waals surface area (Å²) in [5, 5.41) is 9.19. The standard InChI is InChI=1S/C19H23BrN4O4S/c1-13-7-17(22-29(27,28)18-8-16(20)9-21-10-18)4-3-15(13)12-23-5-6-24(19(25)26)14(2)11-23/h3-4,7-10,14,22H,5-6,11-12H2,1-2H3,(H,25,26)/t14-/m0/s1. The number of hydrogen-bond donors (Lipinski definition) is 2. The summed E-state index contributed by atoms with van der Waals surface area (Å²) in [6.45, 7) is 6.34. The highest BCUT2D eigenvalue weighted by molar-refractivity contribution is 9.10. The third kappa shape index (κ3) is 5.26.